The number of nitrogens with one attached hydrogen (secondary N) is 1. The number of ether oxygens (including phenoxy) is 1. The van der Waals surface area contributed by atoms with Crippen LogP contribution in [0.3, 0.4) is 0 Å². The lowest BCUT2D eigenvalue weighted by molar-refractivity contribution is 0.266. The second kappa shape index (κ2) is 10.5. The minimum Gasteiger partial charge on any atom is -0.457 e. The van der Waals surface area contributed by atoms with E-state index in [9.17, 15) is 5.11 Å². The second-order valence-electron chi connectivity index (χ2n) is 6.65. The highest BCUT2D eigenvalue weighted by molar-refractivity contribution is 5.54. The van der Waals surface area contributed by atoms with Gasteiger partial charge in [0.25, 0.3) is 0 Å². The maximum Gasteiger partial charge on any atom is 0.130 e. The molecule has 0 aliphatic heterocycles. The van der Waals surface area contributed by atoms with Gasteiger partial charge in [-0.3, -0.25) is 4.99 Å². The van der Waals surface area contributed by atoms with Gasteiger partial charge in [0.05, 0.1) is 19.5 Å². The normalized spacial score (nSPS) is 12.1. The van der Waals surface area contributed by atoms with Crippen LogP contribution in [0.5, 0.6) is 11.5 Å². The number of aliphatic hydroxyl groups is 1. The van der Waals surface area contributed by atoms with Gasteiger partial charge in [0.1, 0.15) is 11.5 Å². The van der Waals surface area contributed by atoms with Crippen molar-refractivity contribution in [2.75, 3.05) is 13.2 Å². The number of hydrogen-bond acceptors (Lipinski definition) is 3. The zero-order chi connectivity index (χ0) is 19.6. The molecule has 2 aromatic rings. The Kier molecular flexibility index (Phi) is 8.08. The van der Waals surface area contributed by atoms with Crippen LogP contribution in [0.15, 0.2) is 54.0 Å². The number of allylic oxidation sites excluding steroid dienone is 1. The van der Waals surface area contributed by atoms with Gasteiger partial charge in [-0.05, 0) is 67.6 Å². The first-order valence-corrected chi connectivity index (χ1v) is 9.40. The van der Waals surface area contributed by atoms with Crippen LogP contribution in [-0.4, -0.2) is 24.6 Å². The highest BCUT2D eigenvalue weighted by Crippen LogP contribution is 2.30. The number of nitrogens with zero attached hydrogens (tertiary/aromatic N) is 1. The molecule has 0 bridgehead atoms. The second-order valence-corrected chi connectivity index (χ2v) is 6.65. The molecular weight excluding hydrogens is 336 g/mol. The van der Waals surface area contributed by atoms with Crippen molar-refractivity contribution in [1.29, 1.82) is 0 Å². The Labute approximate surface area is 162 Å². The Morgan fingerprint density at radius 3 is 2.74 bits per heavy atom. The van der Waals surface area contributed by atoms with Crippen LogP contribution >= 0.6 is 0 Å². The first-order valence-electron chi connectivity index (χ1n) is 9.40. The number of rotatable bonds is 10. The standard InChI is InChI=1S/C23H30N2O2/c1-5-8-20(15-26)19-9-7-10-22(13-19)27-23-12-17(3)21(11-18(23)4)14-25-16-24-6-2/h5,7,9-13,16,20,26H,1,6,8,14-15H2,2-4H3,(H,24,25). The zero-order valence-electron chi connectivity index (χ0n) is 16.5. The third kappa shape index (κ3) is 5.97. The molecule has 0 fully saturated rings. The Morgan fingerprint density at radius 1 is 1.22 bits per heavy atom. The molecule has 0 aliphatic rings. The fourth-order valence-electron chi connectivity index (χ4n) is 2.91. The summed E-state index contributed by atoms with van der Waals surface area (Å²) in [4.78, 5) is 4.40. The summed E-state index contributed by atoms with van der Waals surface area (Å²) < 4.78 is 6.14. The van der Waals surface area contributed by atoms with E-state index in [1.165, 1.54) is 5.56 Å². The van der Waals surface area contributed by atoms with Gasteiger partial charge in [0.15, 0.2) is 0 Å². The predicted octanol–water partition coefficient (Wildman–Crippen LogP) is 4.89. The molecule has 0 spiro atoms. The van der Waals surface area contributed by atoms with Crippen LogP contribution in [0.4, 0.5) is 0 Å². The van der Waals surface area contributed by atoms with Crippen LogP contribution in [0, 0.1) is 13.8 Å². The highest BCUT2D eigenvalue weighted by Gasteiger charge is 2.11. The zero-order valence-corrected chi connectivity index (χ0v) is 16.5. The van der Waals surface area contributed by atoms with E-state index in [2.05, 4.69) is 35.9 Å². The molecule has 2 aromatic carbocycles. The summed E-state index contributed by atoms with van der Waals surface area (Å²) in [5, 5.41) is 12.7. The minimum atomic E-state index is 0.0471. The van der Waals surface area contributed by atoms with E-state index in [4.69, 9.17) is 4.74 Å². The largest absolute Gasteiger partial charge is 0.457 e. The first-order chi connectivity index (χ1) is 13.1. The van der Waals surface area contributed by atoms with E-state index in [1.54, 1.807) is 6.34 Å². The van der Waals surface area contributed by atoms with Crippen molar-refractivity contribution in [2.45, 2.75) is 39.7 Å². The third-order valence-electron chi connectivity index (χ3n) is 4.51. The maximum atomic E-state index is 9.60. The van der Waals surface area contributed by atoms with E-state index in [1.807, 2.05) is 44.2 Å². The Hall–Kier alpha value is -2.59. The molecule has 0 amide bonds. The lowest BCUT2D eigenvalue weighted by Gasteiger charge is -2.16. The van der Waals surface area contributed by atoms with E-state index >= 15 is 0 Å². The third-order valence-corrected chi connectivity index (χ3v) is 4.51. The lowest BCUT2D eigenvalue weighted by atomic mass is 9.96. The summed E-state index contributed by atoms with van der Waals surface area (Å²) in [7, 11) is 0. The molecule has 2 rings (SSSR count). The van der Waals surface area contributed by atoms with Crippen molar-refractivity contribution in [3.8, 4) is 11.5 Å². The number of hydrogen-bond donors (Lipinski definition) is 2. The molecule has 1 atom stereocenters. The fraction of sp³-hybridized carbons (Fsp3) is 0.348. The average Bonchev–Trinajstić information content (AvgIpc) is 2.67. The molecule has 4 nitrogen and oxygen atoms in total. The van der Waals surface area contributed by atoms with Crippen LogP contribution in [0.1, 0.15) is 41.5 Å². The van der Waals surface area contributed by atoms with Crippen molar-refractivity contribution < 1.29 is 9.84 Å². The molecule has 27 heavy (non-hydrogen) atoms. The summed E-state index contributed by atoms with van der Waals surface area (Å²) in [6.07, 6.45) is 4.32. The summed E-state index contributed by atoms with van der Waals surface area (Å²) in [6.45, 7) is 11.5. The Balaban J connectivity index is 2.17. The molecule has 2 N–H and O–H groups in total. The van der Waals surface area contributed by atoms with Crippen LogP contribution in [0.25, 0.3) is 0 Å². The van der Waals surface area contributed by atoms with Crippen molar-refractivity contribution in [2.24, 2.45) is 4.99 Å². The number of aliphatic hydroxyl groups excluding tert-OH is 1. The molecule has 0 aliphatic carbocycles. The maximum absolute atomic E-state index is 9.60. The Bertz CT molecular complexity index is 784. The molecule has 0 radical (unpaired) electrons. The van der Waals surface area contributed by atoms with E-state index < -0.39 is 0 Å². The van der Waals surface area contributed by atoms with Gasteiger partial charge >= 0.3 is 0 Å². The molecule has 1 unspecified atom stereocenters. The van der Waals surface area contributed by atoms with Crippen molar-refractivity contribution in [3.05, 3.63) is 71.3 Å². The van der Waals surface area contributed by atoms with E-state index in [0.29, 0.717) is 6.54 Å². The molecule has 144 valence electrons. The van der Waals surface area contributed by atoms with Gasteiger partial charge < -0.3 is 15.2 Å². The molecule has 0 heterocycles. The molecular formula is C23H30N2O2. The monoisotopic (exact) mass is 366 g/mol. The van der Waals surface area contributed by atoms with Crippen LogP contribution in [0.2, 0.25) is 0 Å². The summed E-state index contributed by atoms with van der Waals surface area (Å²) in [5.74, 6) is 1.66. The van der Waals surface area contributed by atoms with Crippen molar-refractivity contribution >= 4 is 6.34 Å². The van der Waals surface area contributed by atoms with E-state index in [0.717, 1.165) is 41.2 Å². The topological polar surface area (TPSA) is 53.9 Å². The Morgan fingerprint density at radius 2 is 2.04 bits per heavy atom. The quantitative estimate of drug-likeness (QED) is 0.358. The minimum absolute atomic E-state index is 0.0471. The molecule has 0 aromatic heterocycles. The van der Waals surface area contributed by atoms with Gasteiger partial charge in [-0.1, -0.05) is 24.3 Å². The smallest absolute Gasteiger partial charge is 0.130 e. The van der Waals surface area contributed by atoms with Gasteiger partial charge in [0, 0.05) is 12.5 Å². The fourth-order valence-corrected chi connectivity index (χ4v) is 2.91. The van der Waals surface area contributed by atoms with Gasteiger partial charge in [-0.15, -0.1) is 6.58 Å². The number of aliphatic imine (C=N–C) groups is 1. The van der Waals surface area contributed by atoms with Crippen LogP contribution < -0.4 is 10.1 Å². The predicted molar refractivity (Wildman–Crippen MR) is 113 cm³/mol. The van der Waals surface area contributed by atoms with Gasteiger partial charge in [0.2, 0.25) is 0 Å². The average molecular weight is 367 g/mol. The molecule has 0 saturated heterocycles. The molecule has 0 saturated carbocycles. The van der Waals surface area contributed by atoms with Gasteiger partial charge in [-0.25, -0.2) is 0 Å². The van der Waals surface area contributed by atoms with Crippen LogP contribution in [-0.2, 0) is 6.54 Å². The van der Waals surface area contributed by atoms with E-state index in [-0.39, 0.29) is 12.5 Å². The molecule has 4 heteroatoms. The number of aryl methyl sites for hydroxylation is 2. The summed E-state index contributed by atoms with van der Waals surface area (Å²) in [6, 6.07) is 12.1. The van der Waals surface area contributed by atoms with Crippen molar-refractivity contribution in [3.63, 3.8) is 0 Å². The summed E-state index contributed by atoms with van der Waals surface area (Å²) >= 11 is 0. The first kappa shape index (κ1) is 20.7. The summed E-state index contributed by atoms with van der Waals surface area (Å²) in [5.41, 5.74) is 4.47. The SMILES string of the molecule is C=CCC(CO)c1cccc(Oc2cc(C)c(CN=CNCC)cc2C)c1. The van der Waals surface area contributed by atoms with Crippen molar-refractivity contribution in [1.82, 2.24) is 5.32 Å². The lowest BCUT2D eigenvalue weighted by Crippen LogP contribution is -2.09. The highest BCUT2D eigenvalue weighted by atomic mass is 16.5. The van der Waals surface area contributed by atoms with Gasteiger partial charge in [-0.2, -0.15) is 0 Å². The number of benzene rings is 2.